The fourth-order valence-corrected chi connectivity index (χ4v) is 3.51. The van der Waals surface area contributed by atoms with Crippen LogP contribution in [0.1, 0.15) is 22.2 Å². The van der Waals surface area contributed by atoms with Crippen molar-refractivity contribution in [1.29, 1.82) is 0 Å². The Labute approximate surface area is 187 Å². The van der Waals surface area contributed by atoms with Crippen molar-refractivity contribution in [1.82, 2.24) is 25.0 Å². The van der Waals surface area contributed by atoms with Gasteiger partial charge in [0.2, 0.25) is 0 Å². The number of aliphatic hydroxyl groups excluding tert-OH is 1. The molecule has 9 heteroatoms. The summed E-state index contributed by atoms with van der Waals surface area (Å²) >= 11 is 0. The van der Waals surface area contributed by atoms with Gasteiger partial charge in [0, 0.05) is 16.8 Å². The van der Waals surface area contributed by atoms with Crippen LogP contribution in [-0.2, 0) is 6.54 Å². The number of anilines is 1. The number of benzene rings is 3. The van der Waals surface area contributed by atoms with Crippen molar-refractivity contribution in [2.24, 2.45) is 0 Å². The lowest BCUT2D eigenvalue weighted by Crippen LogP contribution is -2.13. The van der Waals surface area contributed by atoms with Gasteiger partial charge in [-0.05, 0) is 42.5 Å². The number of nitrogens with zero attached hydrogens (tertiary/aromatic N) is 4. The molecule has 0 aliphatic rings. The highest BCUT2D eigenvalue weighted by molar-refractivity contribution is 6.02. The highest BCUT2D eigenvalue weighted by atomic mass is 19.1. The second kappa shape index (κ2) is 8.64. The molecule has 2 aromatic heterocycles. The largest absolute Gasteiger partial charge is 0.386 e. The molecule has 3 aromatic carbocycles. The van der Waals surface area contributed by atoms with Crippen molar-refractivity contribution in [2.45, 2.75) is 12.6 Å². The van der Waals surface area contributed by atoms with E-state index in [1.54, 1.807) is 24.3 Å². The van der Waals surface area contributed by atoms with Crippen LogP contribution >= 0.6 is 0 Å². The van der Waals surface area contributed by atoms with Crippen LogP contribution in [0.2, 0.25) is 0 Å². The third kappa shape index (κ3) is 4.35. The molecule has 0 aliphatic carbocycles. The fourth-order valence-electron chi connectivity index (χ4n) is 3.51. The van der Waals surface area contributed by atoms with E-state index < -0.39 is 17.8 Å². The summed E-state index contributed by atoms with van der Waals surface area (Å²) in [5.41, 5.74) is 3.54. The maximum Gasteiger partial charge on any atom is 0.277 e. The number of para-hydroxylation sites is 2. The number of hydrogen-bond donors (Lipinski definition) is 3. The number of hydrogen-bond acceptors (Lipinski definition) is 5. The normalized spacial score (nSPS) is 12.1. The lowest BCUT2D eigenvalue weighted by molar-refractivity contribution is 0.102. The number of carbonyl (C=O) groups is 1. The minimum Gasteiger partial charge on any atom is -0.386 e. The molecule has 2 heterocycles. The van der Waals surface area contributed by atoms with E-state index in [-0.39, 0.29) is 17.8 Å². The second-order valence-corrected chi connectivity index (χ2v) is 7.50. The minimum atomic E-state index is -1.12. The number of aromatic nitrogens is 5. The van der Waals surface area contributed by atoms with Gasteiger partial charge in [0.05, 0.1) is 23.8 Å². The molecule has 164 valence electrons. The Kier molecular flexibility index (Phi) is 5.37. The predicted octanol–water partition coefficient (Wildman–Crippen LogP) is 3.95. The van der Waals surface area contributed by atoms with Gasteiger partial charge in [-0.25, -0.2) is 14.1 Å². The molecular weight excluding hydrogens is 423 g/mol. The summed E-state index contributed by atoms with van der Waals surface area (Å²) in [5.74, 6) is -0.210. The molecule has 8 nitrogen and oxygen atoms in total. The zero-order chi connectivity index (χ0) is 22.8. The molecule has 0 saturated carbocycles. The molecule has 0 aliphatic heterocycles. The van der Waals surface area contributed by atoms with Crippen molar-refractivity contribution in [2.75, 3.05) is 5.32 Å². The summed E-state index contributed by atoms with van der Waals surface area (Å²) in [6.07, 6.45) is 0.289. The number of aliphatic hydroxyl groups is 1. The second-order valence-electron chi connectivity index (χ2n) is 7.50. The van der Waals surface area contributed by atoms with Crippen molar-refractivity contribution in [3.8, 4) is 11.4 Å². The van der Waals surface area contributed by atoms with Crippen molar-refractivity contribution in [3.05, 3.63) is 96.1 Å². The Morgan fingerprint density at radius 3 is 2.61 bits per heavy atom. The number of fused-ring (bicyclic) bond motifs is 1. The van der Waals surface area contributed by atoms with Crippen LogP contribution in [0.25, 0.3) is 22.4 Å². The number of amides is 1. The number of H-pyrrole nitrogens is 1. The maximum atomic E-state index is 13.8. The zero-order valence-electron chi connectivity index (χ0n) is 17.3. The summed E-state index contributed by atoms with van der Waals surface area (Å²) in [6, 6.07) is 21.0. The van der Waals surface area contributed by atoms with Gasteiger partial charge in [0.15, 0.2) is 5.69 Å². The van der Waals surface area contributed by atoms with Gasteiger partial charge in [-0.3, -0.25) is 4.79 Å². The lowest BCUT2D eigenvalue weighted by Gasteiger charge is -2.11. The van der Waals surface area contributed by atoms with Gasteiger partial charge in [-0.2, -0.15) is 0 Å². The molecule has 0 fully saturated rings. The van der Waals surface area contributed by atoms with Crippen LogP contribution in [0.5, 0.6) is 0 Å². The first-order chi connectivity index (χ1) is 16.1. The molecule has 5 rings (SSSR count). The van der Waals surface area contributed by atoms with E-state index in [1.165, 1.54) is 23.0 Å². The van der Waals surface area contributed by atoms with Crippen LogP contribution in [-0.4, -0.2) is 36.0 Å². The van der Waals surface area contributed by atoms with E-state index in [0.717, 1.165) is 22.4 Å². The SMILES string of the molecule is O=C(Nc1ccc(-c2nc3ccccc3[nH]2)cc1)c1cn(C[C@@H](O)c2ccccc2F)nn1. The third-order valence-electron chi connectivity index (χ3n) is 5.20. The monoisotopic (exact) mass is 442 g/mol. The Morgan fingerprint density at radius 1 is 1.06 bits per heavy atom. The fraction of sp³-hybridized carbons (Fsp3) is 0.0833. The molecule has 1 amide bonds. The van der Waals surface area contributed by atoms with Crippen LogP contribution in [0.4, 0.5) is 10.1 Å². The van der Waals surface area contributed by atoms with E-state index in [2.05, 4.69) is 25.6 Å². The van der Waals surface area contributed by atoms with Gasteiger partial charge < -0.3 is 15.4 Å². The Bertz CT molecular complexity index is 1390. The molecule has 3 N–H and O–H groups in total. The lowest BCUT2D eigenvalue weighted by atomic mass is 10.1. The van der Waals surface area contributed by atoms with Gasteiger partial charge in [-0.1, -0.05) is 35.5 Å². The van der Waals surface area contributed by atoms with E-state index >= 15 is 0 Å². The van der Waals surface area contributed by atoms with E-state index in [4.69, 9.17) is 0 Å². The zero-order valence-corrected chi connectivity index (χ0v) is 17.3. The summed E-state index contributed by atoms with van der Waals surface area (Å²) < 4.78 is 15.1. The Hall–Kier alpha value is -4.37. The van der Waals surface area contributed by atoms with Crippen molar-refractivity contribution in [3.63, 3.8) is 0 Å². The molecule has 0 radical (unpaired) electrons. The highest BCUT2D eigenvalue weighted by Crippen LogP contribution is 2.22. The number of nitrogens with one attached hydrogen (secondary N) is 2. The summed E-state index contributed by atoms with van der Waals surface area (Å²) in [5, 5.41) is 20.7. The van der Waals surface area contributed by atoms with Crippen molar-refractivity contribution < 1.29 is 14.3 Å². The van der Waals surface area contributed by atoms with Crippen molar-refractivity contribution >= 4 is 22.6 Å². The Morgan fingerprint density at radius 2 is 1.82 bits per heavy atom. The molecule has 1 atom stereocenters. The quantitative estimate of drug-likeness (QED) is 0.369. The number of carbonyl (C=O) groups excluding carboxylic acids is 1. The van der Waals surface area contributed by atoms with E-state index in [0.29, 0.717) is 5.69 Å². The third-order valence-corrected chi connectivity index (χ3v) is 5.20. The summed E-state index contributed by atoms with van der Waals surface area (Å²) in [6.45, 7) is -0.0343. The molecule has 0 unspecified atom stereocenters. The standard InChI is InChI=1S/C24H19FN6O2/c25-18-6-2-1-5-17(18)22(32)14-31-13-21(29-30-31)24(33)26-16-11-9-15(10-12-16)23-27-19-7-3-4-8-20(19)28-23/h1-13,22,32H,14H2,(H,26,33)(H,27,28)/t22-/m1/s1. The number of rotatable bonds is 6. The van der Waals surface area contributed by atoms with Gasteiger partial charge in [-0.15, -0.1) is 5.10 Å². The van der Waals surface area contributed by atoms with E-state index in [1.807, 2.05) is 36.4 Å². The smallest absolute Gasteiger partial charge is 0.277 e. The summed E-state index contributed by atoms with van der Waals surface area (Å²) in [7, 11) is 0. The van der Waals surface area contributed by atoms with Crippen LogP contribution in [0, 0.1) is 5.82 Å². The predicted molar refractivity (Wildman–Crippen MR) is 121 cm³/mol. The average Bonchev–Trinajstić information content (AvgIpc) is 3.47. The summed E-state index contributed by atoms with van der Waals surface area (Å²) in [4.78, 5) is 20.4. The van der Waals surface area contributed by atoms with E-state index in [9.17, 15) is 14.3 Å². The van der Waals surface area contributed by atoms with Gasteiger partial charge >= 0.3 is 0 Å². The average molecular weight is 442 g/mol. The van der Waals surface area contributed by atoms with Gasteiger partial charge in [0.25, 0.3) is 5.91 Å². The van der Waals surface area contributed by atoms with Gasteiger partial charge in [0.1, 0.15) is 17.7 Å². The molecule has 5 aromatic rings. The molecule has 0 spiro atoms. The molecular formula is C24H19FN6O2. The molecule has 0 saturated heterocycles. The Balaban J connectivity index is 1.24. The first-order valence-corrected chi connectivity index (χ1v) is 10.3. The number of halogens is 1. The number of imidazole rings is 1. The number of aromatic amines is 1. The first kappa shape index (κ1) is 20.5. The molecule has 0 bridgehead atoms. The highest BCUT2D eigenvalue weighted by Gasteiger charge is 2.16. The minimum absolute atomic E-state index is 0.0343. The molecule has 33 heavy (non-hydrogen) atoms. The topological polar surface area (TPSA) is 109 Å². The first-order valence-electron chi connectivity index (χ1n) is 10.3. The van der Waals surface area contributed by atoms with Crippen LogP contribution < -0.4 is 5.32 Å². The van der Waals surface area contributed by atoms with Crippen LogP contribution in [0.15, 0.2) is 79.0 Å². The van der Waals surface area contributed by atoms with Crippen LogP contribution in [0.3, 0.4) is 0 Å². The maximum absolute atomic E-state index is 13.8.